The molecule has 0 aromatic heterocycles. The lowest BCUT2D eigenvalue weighted by atomic mass is 10.0. The van der Waals surface area contributed by atoms with E-state index in [-0.39, 0.29) is 11.8 Å². The number of para-hydroxylation sites is 2. The highest BCUT2D eigenvalue weighted by Gasteiger charge is 2.36. The summed E-state index contributed by atoms with van der Waals surface area (Å²) >= 11 is 1.84. The number of nitrogens with one attached hydrogen (secondary N) is 2. The van der Waals surface area contributed by atoms with E-state index >= 15 is 0 Å². The molecule has 0 spiro atoms. The SMILES string of the molecule is O=C1Nc2ccccc2NC2CSCC12. The molecule has 2 unspecified atom stereocenters. The number of carbonyl (C=O) groups is 1. The molecule has 1 saturated heterocycles. The molecular weight excluding hydrogens is 208 g/mol. The summed E-state index contributed by atoms with van der Waals surface area (Å²) in [7, 11) is 0. The molecule has 15 heavy (non-hydrogen) atoms. The van der Waals surface area contributed by atoms with Gasteiger partial charge in [0, 0.05) is 17.5 Å². The lowest BCUT2D eigenvalue weighted by Gasteiger charge is -2.15. The minimum atomic E-state index is 0.113. The minimum Gasteiger partial charge on any atom is -0.379 e. The fraction of sp³-hybridized carbons (Fsp3) is 0.364. The molecule has 2 heterocycles. The van der Waals surface area contributed by atoms with Crippen LogP contribution in [-0.2, 0) is 4.79 Å². The number of hydrogen-bond donors (Lipinski definition) is 2. The molecule has 0 radical (unpaired) electrons. The fourth-order valence-corrected chi connectivity index (χ4v) is 3.44. The van der Waals surface area contributed by atoms with E-state index in [1.54, 1.807) is 0 Å². The van der Waals surface area contributed by atoms with E-state index < -0.39 is 0 Å². The minimum absolute atomic E-state index is 0.113. The molecule has 3 rings (SSSR count). The number of carbonyl (C=O) groups excluding carboxylic acids is 1. The van der Waals surface area contributed by atoms with Crippen molar-refractivity contribution in [2.45, 2.75) is 6.04 Å². The van der Waals surface area contributed by atoms with Crippen molar-refractivity contribution in [2.75, 3.05) is 22.1 Å². The quantitative estimate of drug-likeness (QED) is 0.700. The van der Waals surface area contributed by atoms with Crippen LogP contribution in [0.15, 0.2) is 24.3 Å². The molecule has 0 saturated carbocycles. The van der Waals surface area contributed by atoms with Gasteiger partial charge in [0.15, 0.2) is 0 Å². The second kappa shape index (κ2) is 3.45. The van der Waals surface area contributed by atoms with Crippen LogP contribution in [0.4, 0.5) is 11.4 Å². The van der Waals surface area contributed by atoms with Gasteiger partial charge in [0.25, 0.3) is 0 Å². The van der Waals surface area contributed by atoms with Crippen molar-refractivity contribution in [3.63, 3.8) is 0 Å². The van der Waals surface area contributed by atoms with E-state index in [0.717, 1.165) is 22.9 Å². The van der Waals surface area contributed by atoms with Crippen LogP contribution in [0.2, 0.25) is 0 Å². The summed E-state index contributed by atoms with van der Waals surface area (Å²) in [6.07, 6.45) is 0. The first kappa shape index (κ1) is 9.09. The second-order valence-corrected chi connectivity index (χ2v) is 5.00. The van der Waals surface area contributed by atoms with Gasteiger partial charge in [0.2, 0.25) is 5.91 Å². The van der Waals surface area contributed by atoms with Crippen molar-refractivity contribution in [3.05, 3.63) is 24.3 Å². The fourth-order valence-electron chi connectivity index (χ4n) is 2.10. The summed E-state index contributed by atoms with van der Waals surface area (Å²) in [6, 6.07) is 8.17. The Hall–Kier alpha value is -1.16. The van der Waals surface area contributed by atoms with Crippen LogP contribution in [0, 0.1) is 5.92 Å². The van der Waals surface area contributed by atoms with Crippen molar-refractivity contribution >= 4 is 29.0 Å². The third kappa shape index (κ3) is 1.49. The van der Waals surface area contributed by atoms with Gasteiger partial charge in [-0.25, -0.2) is 0 Å². The molecule has 1 amide bonds. The normalized spacial score (nSPS) is 28.4. The first-order valence-electron chi connectivity index (χ1n) is 5.09. The van der Waals surface area contributed by atoms with E-state index in [0.29, 0.717) is 6.04 Å². The molecule has 1 aromatic rings. The van der Waals surface area contributed by atoms with Gasteiger partial charge in [0.1, 0.15) is 0 Å². The number of hydrogen-bond acceptors (Lipinski definition) is 3. The van der Waals surface area contributed by atoms with Crippen molar-refractivity contribution < 1.29 is 4.79 Å². The molecule has 2 aliphatic rings. The molecule has 2 aliphatic heterocycles. The Morgan fingerprint density at radius 1 is 1.20 bits per heavy atom. The zero-order valence-corrected chi connectivity index (χ0v) is 9.01. The number of fused-ring (bicyclic) bond motifs is 2. The van der Waals surface area contributed by atoms with Gasteiger partial charge in [0.05, 0.1) is 17.3 Å². The Balaban J connectivity index is 2.00. The van der Waals surface area contributed by atoms with Crippen molar-refractivity contribution in [3.8, 4) is 0 Å². The van der Waals surface area contributed by atoms with Gasteiger partial charge < -0.3 is 10.6 Å². The Morgan fingerprint density at radius 3 is 2.87 bits per heavy atom. The number of rotatable bonds is 0. The maximum absolute atomic E-state index is 11.9. The highest BCUT2D eigenvalue weighted by molar-refractivity contribution is 7.99. The van der Waals surface area contributed by atoms with Crippen LogP contribution in [0.3, 0.4) is 0 Å². The summed E-state index contributed by atoms with van der Waals surface area (Å²) in [6.45, 7) is 0. The molecule has 1 fully saturated rings. The topological polar surface area (TPSA) is 41.1 Å². The van der Waals surface area contributed by atoms with Crippen LogP contribution in [0.5, 0.6) is 0 Å². The highest BCUT2D eigenvalue weighted by atomic mass is 32.2. The van der Waals surface area contributed by atoms with Crippen LogP contribution >= 0.6 is 11.8 Å². The van der Waals surface area contributed by atoms with Crippen LogP contribution < -0.4 is 10.6 Å². The molecule has 0 bridgehead atoms. The van der Waals surface area contributed by atoms with E-state index in [4.69, 9.17) is 0 Å². The second-order valence-electron chi connectivity index (χ2n) is 3.93. The maximum Gasteiger partial charge on any atom is 0.230 e. The molecule has 0 aliphatic carbocycles. The smallest absolute Gasteiger partial charge is 0.230 e. The molecule has 4 heteroatoms. The van der Waals surface area contributed by atoms with Crippen LogP contribution in [0.25, 0.3) is 0 Å². The van der Waals surface area contributed by atoms with E-state index in [2.05, 4.69) is 10.6 Å². The van der Waals surface area contributed by atoms with Gasteiger partial charge in [-0.2, -0.15) is 11.8 Å². The first-order valence-corrected chi connectivity index (χ1v) is 6.24. The zero-order chi connectivity index (χ0) is 10.3. The monoisotopic (exact) mass is 220 g/mol. The molecule has 2 atom stereocenters. The number of amides is 1. The predicted molar refractivity (Wildman–Crippen MR) is 63.3 cm³/mol. The van der Waals surface area contributed by atoms with Gasteiger partial charge in [-0.1, -0.05) is 12.1 Å². The highest BCUT2D eigenvalue weighted by Crippen LogP contribution is 2.34. The average molecular weight is 220 g/mol. The average Bonchev–Trinajstić information content (AvgIpc) is 2.64. The summed E-state index contributed by atoms with van der Waals surface area (Å²) in [5.74, 6) is 2.22. The lowest BCUT2D eigenvalue weighted by Crippen LogP contribution is -2.33. The Morgan fingerprint density at radius 2 is 2.00 bits per heavy atom. The third-order valence-electron chi connectivity index (χ3n) is 2.94. The van der Waals surface area contributed by atoms with Crippen molar-refractivity contribution in [1.29, 1.82) is 0 Å². The Labute approximate surface area is 92.6 Å². The lowest BCUT2D eigenvalue weighted by molar-refractivity contribution is -0.119. The largest absolute Gasteiger partial charge is 0.379 e. The number of anilines is 2. The number of benzene rings is 1. The van der Waals surface area contributed by atoms with E-state index in [1.165, 1.54) is 0 Å². The summed E-state index contributed by atoms with van der Waals surface area (Å²) in [5, 5.41) is 6.43. The van der Waals surface area contributed by atoms with E-state index in [9.17, 15) is 4.79 Å². The van der Waals surface area contributed by atoms with Crippen molar-refractivity contribution in [2.24, 2.45) is 5.92 Å². The van der Waals surface area contributed by atoms with Gasteiger partial charge in [-0.15, -0.1) is 0 Å². The molecule has 3 nitrogen and oxygen atoms in total. The molecule has 1 aromatic carbocycles. The summed E-state index contributed by atoms with van der Waals surface area (Å²) < 4.78 is 0. The molecule has 78 valence electrons. The molecule has 2 N–H and O–H groups in total. The van der Waals surface area contributed by atoms with Gasteiger partial charge in [-0.3, -0.25) is 4.79 Å². The summed E-state index contributed by atoms with van der Waals surface area (Å²) in [4.78, 5) is 11.9. The molecular formula is C11H12N2OS. The van der Waals surface area contributed by atoms with E-state index in [1.807, 2.05) is 36.0 Å². The Kier molecular flexibility index (Phi) is 2.09. The maximum atomic E-state index is 11.9. The predicted octanol–water partition coefficient (Wildman–Crippen LogP) is 1.78. The van der Waals surface area contributed by atoms with Crippen LogP contribution in [-0.4, -0.2) is 23.5 Å². The Bertz CT molecular complexity index is 407. The summed E-state index contributed by atoms with van der Waals surface area (Å²) in [5.41, 5.74) is 1.95. The zero-order valence-electron chi connectivity index (χ0n) is 8.19. The number of thioether (sulfide) groups is 1. The standard InChI is InChI=1S/C11H12N2OS/c14-11-7-5-15-6-10(7)12-8-3-1-2-4-9(8)13-11/h1-4,7,10,12H,5-6H2,(H,13,14). The van der Waals surface area contributed by atoms with Gasteiger partial charge >= 0.3 is 0 Å². The van der Waals surface area contributed by atoms with Crippen molar-refractivity contribution in [1.82, 2.24) is 0 Å². The van der Waals surface area contributed by atoms with Gasteiger partial charge in [-0.05, 0) is 12.1 Å². The first-order chi connectivity index (χ1) is 7.34. The third-order valence-corrected chi connectivity index (χ3v) is 4.13. The van der Waals surface area contributed by atoms with Crippen LogP contribution in [0.1, 0.15) is 0 Å².